The molecule has 0 saturated carbocycles. The molecule has 26 heavy (non-hydrogen) atoms. The second kappa shape index (κ2) is 6.54. The molecule has 0 amide bonds. The molecule has 3 aromatic carbocycles. The van der Waals surface area contributed by atoms with Crippen LogP contribution >= 0.6 is 0 Å². The summed E-state index contributed by atoms with van der Waals surface area (Å²) in [7, 11) is 1.94. The smallest absolute Gasteiger partial charge is 0.151 e. The number of hydrogen-bond donors (Lipinski definition) is 1. The van der Waals surface area contributed by atoms with E-state index in [9.17, 15) is 4.79 Å². The number of carbonyl (C=O) groups is 1. The highest BCUT2D eigenvalue weighted by molar-refractivity contribution is 5.99. The Labute approximate surface area is 154 Å². The Morgan fingerprint density at radius 2 is 1.65 bits per heavy atom. The van der Waals surface area contributed by atoms with E-state index in [2.05, 4.69) is 67.7 Å². The maximum absolute atomic E-state index is 12.2. The molecule has 0 aromatic heterocycles. The Hall–Kier alpha value is -2.71. The van der Waals surface area contributed by atoms with E-state index in [1.54, 1.807) is 0 Å². The van der Waals surface area contributed by atoms with Crippen molar-refractivity contribution in [3.8, 4) is 22.3 Å². The van der Waals surface area contributed by atoms with Crippen molar-refractivity contribution >= 4 is 6.29 Å². The maximum Gasteiger partial charge on any atom is 0.151 e. The summed E-state index contributed by atoms with van der Waals surface area (Å²) in [6.45, 7) is 5.02. The fraction of sp³-hybridized carbons (Fsp3) is 0.208. The molecule has 4 rings (SSSR count). The third-order valence-electron chi connectivity index (χ3n) is 5.57. The number of fused-ring (bicyclic) bond motifs is 3. The van der Waals surface area contributed by atoms with Gasteiger partial charge in [0.1, 0.15) is 0 Å². The van der Waals surface area contributed by atoms with Crippen molar-refractivity contribution in [3.63, 3.8) is 0 Å². The van der Waals surface area contributed by atoms with Crippen LogP contribution in [-0.2, 0) is 13.0 Å². The van der Waals surface area contributed by atoms with Crippen LogP contribution in [0, 0.1) is 13.8 Å². The number of aryl methyl sites for hydroxylation is 1. The molecule has 1 aliphatic rings. The monoisotopic (exact) mass is 341 g/mol. The summed E-state index contributed by atoms with van der Waals surface area (Å²) in [5.74, 6) is 0. The van der Waals surface area contributed by atoms with E-state index >= 15 is 0 Å². The average Bonchev–Trinajstić information content (AvgIpc) is 3.04. The predicted molar refractivity (Wildman–Crippen MR) is 108 cm³/mol. The molecular weight excluding hydrogens is 318 g/mol. The van der Waals surface area contributed by atoms with Crippen LogP contribution in [0.15, 0.2) is 48.5 Å². The molecule has 1 aliphatic carbocycles. The molecule has 2 heteroatoms. The third kappa shape index (κ3) is 2.41. The lowest BCUT2D eigenvalue weighted by atomic mass is 9.83. The van der Waals surface area contributed by atoms with Gasteiger partial charge in [-0.15, -0.1) is 0 Å². The van der Waals surface area contributed by atoms with Gasteiger partial charge in [0.15, 0.2) is 6.29 Å². The molecule has 3 aromatic rings. The van der Waals surface area contributed by atoms with Crippen molar-refractivity contribution in [2.45, 2.75) is 26.8 Å². The summed E-state index contributed by atoms with van der Waals surface area (Å²) >= 11 is 0. The van der Waals surface area contributed by atoms with E-state index in [-0.39, 0.29) is 0 Å². The number of aldehydes is 1. The number of carbonyl (C=O) groups excluding carboxylic acids is 1. The summed E-state index contributed by atoms with van der Waals surface area (Å²) in [6, 6.07) is 16.9. The van der Waals surface area contributed by atoms with E-state index in [0.29, 0.717) is 6.54 Å². The lowest BCUT2D eigenvalue weighted by Crippen LogP contribution is -2.12. The molecule has 1 N–H and O–H groups in total. The molecule has 0 spiro atoms. The summed E-state index contributed by atoms with van der Waals surface area (Å²) in [6.07, 6.45) is 1.95. The molecule has 0 bridgehead atoms. The van der Waals surface area contributed by atoms with Crippen molar-refractivity contribution in [1.82, 2.24) is 5.32 Å². The van der Waals surface area contributed by atoms with Gasteiger partial charge >= 0.3 is 0 Å². The van der Waals surface area contributed by atoms with Gasteiger partial charge < -0.3 is 5.32 Å². The SMILES string of the molecule is CNCc1c(C=O)c2c(c(C)c1-c1ccccc1C)Cc1ccccc1-2. The Morgan fingerprint density at radius 1 is 0.962 bits per heavy atom. The van der Waals surface area contributed by atoms with Gasteiger partial charge in [-0.05, 0) is 77.4 Å². The van der Waals surface area contributed by atoms with E-state index in [0.717, 1.165) is 29.4 Å². The molecule has 0 aliphatic heterocycles. The minimum atomic E-state index is 0.675. The van der Waals surface area contributed by atoms with Gasteiger partial charge in [0.25, 0.3) is 0 Å². The fourth-order valence-electron chi connectivity index (χ4n) is 4.36. The Kier molecular flexibility index (Phi) is 4.21. The van der Waals surface area contributed by atoms with Crippen LogP contribution in [0.4, 0.5) is 0 Å². The van der Waals surface area contributed by atoms with Gasteiger partial charge in [0, 0.05) is 12.1 Å². The lowest BCUT2D eigenvalue weighted by molar-refractivity contribution is 0.112. The zero-order chi connectivity index (χ0) is 18.3. The van der Waals surface area contributed by atoms with E-state index in [1.807, 2.05) is 7.05 Å². The van der Waals surface area contributed by atoms with E-state index in [1.165, 1.54) is 38.9 Å². The zero-order valence-corrected chi connectivity index (χ0v) is 15.5. The first-order chi connectivity index (χ1) is 12.7. The predicted octanol–water partition coefficient (Wildman–Crippen LogP) is 5.07. The normalized spacial score (nSPS) is 12.0. The topological polar surface area (TPSA) is 29.1 Å². The quantitative estimate of drug-likeness (QED) is 0.525. The lowest BCUT2D eigenvalue weighted by Gasteiger charge is -2.21. The second-order valence-corrected chi connectivity index (χ2v) is 7.04. The van der Waals surface area contributed by atoms with Crippen LogP contribution in [0.2, 0.25) is 0 Å². The van der Waals surface area contributed by atoms with Crippen molar-refractivity contribution in [2.75, 3.05) is 7.05 Å². The standard InChI is InChI=1S/C24H23NO/c1-15-8-4-6-10-18(15)23-16(2)20-12-17-9-5-7-11-19(17)24(20)22(14-26)21(23)13-25-3/h4-11,14,25H,12-13H2,1-3H3. The average molecular weight is 341 g/mol. The second-order valence-electron chi connectivity index (χ2n) is 7.04. The molecule has 0 saturated heterocycles. The van der Waals surface area contributed by atoms with Crippen LogP contribution < -0.4 is 5.32 Å². The first-order valence-corrected chi connectivity index (χ1v) is 9.09. The summed E-state index contributed by atoms with van der Waals surface area (Å²) in [5, 5.41) is 3.27. The van der Waals surface area contributed by atoms with Crippen molar-refractivity contribution in [3.05, 3.63) is 81.9 Å². The van der Waals surface area contributed by atoms with Crippen LogP contribution in [0.3, 0.4) is 0 Å². The van der Waals surface area contributed by atoms with Gasteiger partial charge in [-0.2, -0.15) is 0 Å². The first-order valence-electron chi connectivity index (χ1n) is 9.09. The highest BCUT2D eigenvalue weighted by Crippen LogP contribution is 2.46. The number of rotatable bonds is 4. The highest BCUT2D eigenvalue weighted by Gasteiger charge is 2.28. The largest absolute Gasteiger partial charge is 0.316 e. The molecule has 0 atom stereocenters. The molecule has 0 unspecified atom stereocenters. The van der Waals surface area contributed by atoms with Crippen molar-refractivity contribution in [1.29, 1.82) is 0 Å². The van der Waals surface area contributed by atoms with Crippen LogP contribution in [0.5, 0.6) is 0 Å². The van der Waals surface area contributed by atoms with Gasteiger partial charge in [-0.1, -0.05) is 48.5 Å². The van der Waals surface area contributed by atoms with Crippen LogP contribution in [-0.4, -0.2) is 13.3 Å². The summed E-state index contributed by atoms with van der Waals surface area (Å²) < 4.78 is 0. The summed E-state index contributed by atoms with van der Waals surface area (Å²) in [5.41, 5.74) is 11.9. The van der Waals surface area contributed by atoms with Crippen molar-refractivity contribution in [2.24, 2.45) is 0 Å². The first kappa shape index (κ1) is 16.7. The fourth-order valence-corrected chi connectivity index (χ4v) is 4.36. The molecule has 0 heterocycles. The minimum absolute atomic E-state index is 0.675. The summed E-state index contributed by atoms with van der Waals surface area (Å²) in [4.78, 5) is 12.2. The minimum Gasteiger partial charge on any atom is -0.316 e. The Balaban J connectivity index is 2.11. The molecule has 2 nitrogen and oxygen atoms in total. The van der Waals surface area contributed by atoms with Gasteiger partial charge in [-0.25, -0.2) is 0 Å². The Morgan fingerprint density at radius 3 is 2.35 bits per heavy atom. The number of hydrogen-bond acceptors (Lipinski definition) is 2. The van der Waals surface area contributed by atoms with E-state index < -0.39 is 0 Å². The third-order valence-corrected chi connectivity index (χ3v) is 5.57. The number of nitrogens with one attached hydrogen (secondary N) is 1. The van der Waals surface area contributed by atoms with Gasteiger partial charge in [0.05, 0.1) is 0 Å². The van der Waals surface area contributed by atoms with Gasteiger partial charge in [-0.3, -0.25) is 4.79 Å². The molecule has 0 radical (unpaired) electrons. The van der Waals surface area contributed by atoms with E-state index in [4.69, 9.17) is 0 Å². The number of benzene rings is 3. The van der Waals surface area contributed by atoms with Crippen molar-refractivity contribution < 1.29 is 4.79 Å². The Bertz CT molecular complexity index is 1020. The maximum atomic E-state index is 12.2. The molecule has 0 fully saturated rings. The highest BCUT2D eigenvalue weighted by atomic mass is 16.1. The molecule has 130 valence electrons. The van der Waals surface area contributed by atoms with Crippen LogP contribution in [0.25, 0.3) is 22.3 Å². The zero-order valence-electron chi connectivity index (χ0n) is 15.5. The van der Waals surface area contributed by atoms with Gasteiger partial charge in [0.2, 0.25) is 0 Å². The van der Waals surface area contributed by atoms with Crippen LogP contribution in [0.1, 0.15) is 38.2 Å². The molecular formula is C24H23NO.